The Hall–Kier alpha value is -2.08. The van der Waals surface area contributed by atoms with Crippen LogP contribution < -0.4 is 0 Å². The molecule has 0 N–H and O–H groups in total. The summed E-state index contributed by atoms with van der Waals surface area (Å²) in [5.74, 6) is 2.67. The van der Waals surface area contributed by atoms with E-state index < -0.39 is 0 Å². The smallest absolute Gasteiger partial charge is 0.276 e. The summed E-state index contributed by atoms with van der Waals surface area (Å²) in [5.41, 5.74) is 1.90. The highest BCUT2D eigenvalue weighted by molar-refractivity contribution is 7.98. The van der Waals surface area contributed by atoms with Gasteiger partial charge >= 0.3 is 0 Å². The van der Waals surface area contributed by atoms with E-state index in [1.807, 2.05) is 36.4 Å². The van der Waals surface area contributed by atoms with E-state index in [4.69, 9.17) is 8.94 Å². The highest BCUT2D eigenvalue weighted by Crippen LogP contribution is 2.33. The molecule has 0 atom stereocenters. The number of hydrogen-bond donors (Lipinski definition) is 0. The molecular formula is C18H19N3O2S. The fourth-order valence-corrected chi connectivity index (χ4v) is 3.70. The highest BCUT2D eigenvalue weighted by atomic mass is 32.2. The summed E-state index contributed by atoms with van der Waals surface area (Å²) in [7, 11) is 0. The summed E-state index contributed by atoms with van der Waals surface area (Å²) < 4.78 is 11.2. The first kappa shape index (κ1) is 15.4. The Balaban J connectivity index is 1.37. The molecule has 3 aromatic rings. The topological polar surface area (TPSA) is 65.0 Å². The standard InChI is InChI=1S/C18H19N3O2S/c1-3-7-13(8-4-1)16-11-15(21-23-16)12-24-18-20-19-17(22-18)14-9-5-2-6-10-14/h1,3-4,7-8,11,14H,2,5-6,9-10,12H2. The van der Waals surface area contributed by atoms with Gasteiger partial charge in [0, 0.05) is 23.3 Å². The molecule has 4 rings (SSSR count). The molecule has 0 saturated heterocycles. The van der Waals surface area contributed by atoms with Crippen LogP contribution in [0, 0.1) is 0 Å². The first-order valence-corrected chi connectivity index (χ1v) is 9.34. The van der Waals surface area contributed by atoms with Gasteiger partial charge in [-0.2, -0.15) is 0 Å². The van der Waals surface area contributed by atoms with Gasteiger partial charge in [0.15, 0.2) is 5.76 Å². The van der Waals surface area contributed by atoms with Gasteiger partial charge in [0.2, 0.25) is 5.89 Å². The quantitative estimate of drug-likeness (QED) is 0.604. The van der Waals surface area contributed by atoms with Crippen LogP contribution in [0.1, 0.15) is 49.6 Å². The minimum Gasteiger partial charge on any atom is -0.416 e. The van der Waals surface area contributed by atoms with Gasteiger partial charge < -0.3 is 8.94 Å². The number of nitrogens with zero attached hydrogens (tertiary/aromatic N) is 3. The van der Waals surface area contributed by atoms with E-state index in [1.54, 1.807) is 0 Å². The van der Waals surface area contributed by atoms with Crippen LogP contribution in [0.4, 0.5) is 0 Å². The maximum absolute atomic E-state index is 5.82. The predicted molar refractivity (Wildman–Crippen MR) is 91.6 cm³/mol. The molecule has 0 spiro atoms. The third-order valence-corrected chi connectivity index (χ3v) is 5.19. The molecule has 1 aliphatic carbocycles. The summed E-state index contributed by atoms with van der Waals surface area (Å²) in [4.78, 5) is 0. The lowest BCUT2D eigenvalue weighted by Gasteiger charge is -2.17. The van der Waals surface area contributed by atoms with Gasteiger partial charge in [-0.3, -0.25) is 0 Å². The average Bonchev–Trinajstić information content (AvgIpc) is 3.31. The van der Waals surface area contributed by atoms with E-state index in [1.165, 1.54) is 31.0 Å². The molecule has 0 unspecified atom stereocenters. The molecule has 0 radical (unpaired) electrons. The lowest BCUT2D eigenvalue weighted by Crippen LogP contribution is -2.04. The monoisotopic (exact) mass is 341 g/mol. The highest BCUT2D eigenvalue weighted by Gasteiger charge is 2.21. The zero-order valence-corrected chi connectivity index (χ0v) is 14.2. The van der Waals surface area contributed by atoms with Crippen molar-refractivity contribution in [3.63, 3.8) is 0 Å². The van der Waals surface area contributed by atoms with Crippen molar-refractivity contribution >= 4 is 11.8 Å². The Morgan fingerprint density at radius 2 is 1.88 bits per heavy atom. The van der Waals surface area contributed by atoms with E-state index in [0.717, 1.165) is 35.7 Å². The molecule has 0 bridgehead atoms. The Labute approximate surface area is 144 Å². The lowest BCUT2D eigenvalue weighted by atomic mass is 9.89. The van der Waals surface area contributed by atoms with Crippen LogP contribution in [-0.2, 0) is 5.75 Å². The first-order chi connectivity index (χ1) is 11.9. The number of thioether (sulfide) groups is 1. The molecule has 0 aliphatic heterocycles. The van der Waals surface area contributed by atoms with Gasteiger partial charge in [0.1, 0.15) is 0 Å². The van der Waals surface area contributed by atoms with Crippen molar-refractivity contribution in [2.45, 2.75) is 49.0 Å². The Kier molecular flexibility index (Phi) is 4.64. The zero-order chi connectivity index (χ0) is 16.2. The Morgan fingerprint density at radius 1 is 1.04 bits per heavy atom. The third-order valence-electron chi connectivity index (χ3n) is 4.34. The first-order valence-electron chi connectivity index (χ1n) is 8.36. The summed E-state index contributed by atoms with van der Waals surface area (Å²) in [6.45, 7) is 0. The van der Waals surface area contributed by atoms with Crippen molar-refractivity contribution < 1.29 is 8.94 Å². The molecule has 5 nitrogen and oxygen atoms in total. The second kappa shape index (κ2) is 7.21. The van der Waals surface area contributed by atoms with Crippen LogP contribution in [0.25, 0.3) is 11.3 Å². The van der Waals surface area contributed by atoms with Crippen LogP contribution in [0.2, 0.25) is 0 Å². The van der Waals surface area contributed by atoms with E-state index in [-0.39, 0.29) is 0 Å². The molecular weight excluding hydrogens is 322 g/mol. The zero-order valence-electron chi connectivity index (χ0n) is 13.4. The molecule has 1 aliphatic rings. The van der Waals surface area contributed by atoms with Crippen LogP contribution >= 0.6 is 11.8 Å². The molecule has 0 amide bonds. The van der Waals surface area contributed by atoms with Crippen LogP contribution in [0.15, 0.2) is 50.6 Å². The molecule has 6 heteroatoms. The summed E-state index contributed by atoms with van der Waals surface area (Å²) in [6, 6.07) is 11.9. The fourth-order valence-electron chi connectivity index (χ4n) is 3.05. The lowest BCUT2D eigenvalue weighted by molar-refractivity contribution is 0.334. The average molecular weight is 341 g/mol. The molecule has 124 valence electrons. The minimum absolute atomic E-state index is 0.442. The number of hydrogen-bond acceptors (Lipinski definition) is 6. The van der Waals surface area contributed by atoms with Gasteiger partial charge in [-0.25, -0.2) is 0 Å². The van der Waals surface area contributed by atoms with Crippen LogP contribution in [-0.4, -0.2) is 15.4 Å². The molecule has 2 aromatic heterocycles. The predicted octanol–water partition coefficient (Wildman–Crippen LogP) is 5.06. The van der Waals surface area contributed by atoms with Crippen molar-refractivity contribution in [2.75, 3.05) is 0 Å². The maximum Gasteiger partial charge on any atom is 0.276 e. The van der Waals surface area contributed by atoms with Gasteiger partial charge in [0.25, 0.3) is 5.22 Å². The van der Waals surface area contributed by atoms with Gasteiger partial charge in [0.05, 0.1) is 5.69 Å². The van der Waals surface area contributed by atoms with Gasteiger partial charge in [-0.1, -0.05) is 66.5 Å². The molecule has 1 fully saturated rings. The van der Waals surface area contributed by atoms with Crippen molar-refractivity contribution in [1.29, 1.82) is 0 Å². The maximum atomic E-state index is 5.82. The van der Waals surface area contributed by atoms with E-state index in [2.05, 4.69) is 15.4 Å². The second-order valence-corrected chi connectivity index (χ2v) is 7.00. The van der Waals surface area contributed by atoms with E-state index in [0.29, 0.717) is 16.9 Å². The van der Waals surface area contributed by atoms with Crippen LogP contribution in [0.3, 0.4) is 0 Å². The van der Waals surface area contributed by atoms with Crippen molar-refractivity contribution in [1.82, 2.24) is 15.4 Å². The Morgan fingerprint density at radius 3 is 2.71 bits per heavy atom. The SMILES string of the molecule is c1ccc(-c2cc(CSc3nnc(C4CCCCC4)o3)no2)cc1. The van der Waals surface area contributed by atoms with Crippen LogP contribution in [0.5, 0.6) is 0 Å². The molecule has 2 heterocycles. The van der Waals surface area contributed by atoms with Crippen molar-refractivity contribution in [2.24, 2.45) is 0 Å². The fraction of sp³-hybridized carbons (Fsp3) is 0.389. The summed E-state index contributed by atoms with van der Waals surface area (Å²) in [5, 5.41) is 13.1. The molecule has 24 heavy (non-hydrogen) atoms. The van der Waals surface area contributed by atoms with Crippen molar-refractivity contribution in [3.8, 4) is 11.3 Å². The summed E-state index contributed by atoms with van der Waals surface area (Å²) in [6.07, 6.45) is 6.17. The van der Waals surface area contributed by atoms with E-state index in [9.17, 15) is 0 Å². The third kappa shape index (κ3) is 3.53. The van der Waals surface area contributed by atoms with Crippen molar-refractivity contribution in [3.05, 3.63) is 48.0 Å². The number of rotatable bonds is 5. The largest absolute Gasteiger partial charge is 0.416 e. The molecule has 1 saturated carbocycles. The van der Waals surface area contributed by atoms with E-state index >= 15 is 0 Å². The number of aromatic nitrogens is 3. The van der Waals surface area contributed by atoms with Gasteiger partial charge in [-0.15, -0.1) is 10.2 Å². The normalized spacial score (nSPS) is 15.7. The van der Waals surface area contributed by atoms with Gasteiger partial charge in [-0.05, 0) is 12.8 Å². The summed E-state index contributed by atoms with van der Waals surface area (Å²) >= 11 is 1.50. The molecule has 1 aromatic carbocycles. The second-order valence-electron chi connectivity index (χ2n) is 6.08. The minimum atomic E-state index is 0.442. The number of benzene rings is 1. The Bertz CT molecular complexity index is 778.